The highest BCUT2D eigenvalue weighted by molar-refractivity contribution is 8.01. The number of thioether (sulfide) groups is 1. The Morgan fingerprint density at radius 1 is 1.36 bits per heavy atom. The second-order valence-corrected chi connectivity index (χ2v) is 16.1. The van der Waals surface area contributed by atoms with Gasteiger partial charge in [-0.15, -0.1) is 11.8 Å². The molecular weight excluding hydrogens is 390 g/mol. The molecule has 0 aromatic carbocycles. The lowest BCUT2D eigenvalue weighted by Crippen LogP contribution is -2.48. The number of hydrogen-bond donors (Lipinski definition) is 2. The number of rotatable bonds is 3. The predicted molar refractivity (Wildman–Crippen MR) is 117 cm³/mol. The molecule has 4 rings (SSSR count). The van der Waals surface area contributed by atoms with Crippen LogP contribution in [0.15, 0.2) is 11.1 Å². The Labute approximate surface area is 171 Å². The standard InChI is InChI=1S/C19H31N5O2SSi/c1-18(2,3)28(4,5)26-12-7-6-9-19(12)10-8-13(27-19)24-11-21-14-15(24)22-17(20)23-16(14)25/h11-13H,6-10H2,1-5H3,(H3,20,22,23,25)/t12-,13+,19+/m1/s1. The van der Waals surface area contributed by atoms with Crippen molar-refractivity contribution in [3.63, 3.8) is 0 Å². The third-order valence-corrected chi connectivity index (χ3v) is 13.2. The van der Waals surface area contributed by atoms with Crippen molar-refractivity contribution in [2.45, 2.75) is 87.2 Å². The van der Waals surface area contributed by atoms with Crippen molar-refractivity contribution in [2.75, 3.05) is 5.73 Å². The molecule has 2 fully saturated rings. The van der Waals surface area contributed by atoms with Crippen LogP contribution >= 0.6 is 11.8 Å². The highest BCUT2D eigenvalue weighted by Gasteiger charge is 2.53. The smallest absolute Gasteiger partial charge is 0.280 e. The average molecular weight is 422 g/mol. The molecule has 0 radical (unpaired) electrons. The van der Waals surface area contributed by atoms with Gasteiger partial charge in [-0.2, -0.15) is 4.98 Å². The molecule has 154 valence electrons. The molecule has 0 unspecified atom stereocenters. The first kappa shape index (κ1) is 20.0. The zero-order valence-corrected chi connectivity index (χ0v) is 19.2. The minimum absolute atomic E-state index is 0.136. The van der Waals surface area contributed by atoms with Crippen LogP contribution in [0.1, 0.15) is 58.2 Å². The number of aromatic nitrogens is 4. The average Bonchev–Trinajstić information content (AvgIpc) is 3.26. The number of fused-ring (bicyclic) bond motifs is 1. The Kier molecular flexibility index (Phi) is 4.71. The number of nitrogen functional groups attached to an aromatic ring is 1. The summed E-state index contributed by atoms with van der Waals surface area (Å²) in [5, 5.41) is 0.421. The van der Waals surface area contributed by atoms with Crippen LogP contribution in [-0.2, 0) is 4.43 Å². The van der Waals surface area contributed by atoms with Gasteiger partial charge in [0.25, 0.3) is 5.56 Å². The van der Waals surface area contributed by atoms with E-state index < -0.39 is 8.32 Å². The molecule has 2 aromatic rings. The Bertz CT molecular complexity index is 950. The lowest BCUT2D eigenvalue weighted by atomic mass is 9.99. The summed E-state index contributed by atoms with van der Waals surface area (Å²) >= 11 is 1.99. The van der Waals surface area contributed by atoms with Gasteiger partial charge in [0, 0.05) is 4.75 Å². The minimum atomic E-state index is -1.82. The van der Waals surface area contributed by atoms with E-state index in [9.17, 15) is 4.79 Å². The molecule has 3 heterocycles. The van der Waals surface area contributed by atoms with Crippen molar-refractivity contribution in [2.24, 2.45) is 0 Å². The van der Waals surface area contributed by atoms with Gasteiger partial charge in [-0.05, 0) is 50.2 Å². The lowest BCUT2D eigenvalue weighted by Gasteiger charge is -2.42. The molecule has 9 heteroatoms. The zero-order chi connectivity index (χ0) is 20.3. The van der Waals surface area contributed by atoms with E-state index >= 15 is 0 Å². The molecule has 2 aromatic heterocycles. The maximum absolute atomic E-state index is 12.1. The van der Waals surface area contributed by atoms with E-state index in [1.807, 2.05) is 16.3 Å². The first-order valence-corrected chi connectivity index (χ1v) is 13.9. The van der Waals surface area contributed by atoms with Crippen molar-refractivity contribution in [3.05, 3.63) is 16.7 Å². The molecule has 1 aliphatic heterocycles. The van der Waals surface area contributed by atoms with Crippen molar-refractivity contribution < 1.29 is 4.43 Å². The SMILES string of the molecule is CC(C)(C)[Si](C)(C)O[C@@H]1CCC[C@]12CC[C@@H](n1cnc3c(=O)[nH]c(N)nc31)S2. The fourth-order valence-electron chi connectivity index (χ4n) is 4.24. The summed E-state index contributed by atoms with van der Waals surface area (Å²) in [6.45, 7) is 11.6. The molecule has 7 nitrogen and oxygen atoms in total. The molecular formula is C19H31N5O2SSi. The summed E-state index contributed by atoms with van der Waals surface area (Å²) in [5.41, 5.74) is 6.43. The quantitative estimate of drug-likeness (QED) is 0.726. The summed E-state index contributed by atoms with van der Waals surface area (Å²) in [6, 6.07) is 0. The van der Waals surface area contributed by atoms with Gasteiger partial charge < -0.3 is 14.7 Å². The maximum Gasteiger partial charge on any atom is 0.280 e. The van der Waals surface area contributed by atoms with Crippen molar-refractivity contribution in [3.8, 4) is 0 Å². The molecule has 2 aliphatic rings. The summed E-state index contributed by atoms with van der Waals surface area (Å²) in [7, 11) is -1.82. The molecule has 1 spiro atoms. The number of nitrogens with zero attached hydrogens (tertiary/aromatic N) is 3. The zero-order valence-electron chi connectivity index (χ0n) is 17.4. The Balaban J connectivity index is 1.60. The van der Waals surface area contributed by atoms with Gasteiger partial charge in [0.05, 0.1) is 17.8 Å². The van der Waals surface area contributed by atoms with E-state index in [4.69, 9.17) is 10.2 Å². The molecule has 0 bridgehead atoms. The third-order valence-electron chi connectivity index (χ3n) is 6.84. The fraction of sp³-hybridized carbons (Fsp3) is 0.737. The van der Waals surface area contributed by atoms with E-state index in [0.29, 0.717) is 17.3 Å². The molecule has 28 heavy (non-hydrogen) atoms. The monoisotopic (exact) mass is 421 g/mol. The Hall–Kier alpha value is -1.32. The summed E-state index contributed by atoms with van der Waals surface area (Å²) in [4.78, 5) is 23.3. The first-order chi connectivity index (χ1) is 13.0. The molecule has 1 saturated heterocycles. The van der Waals surface area contributed by atoms with Crippen LogP contribution in [0.5, 0.6) is 0 Å². The topological polar surface area (TPSA) is 98.8 Å². The predicted octanol–water partition coefficient (Wildman–Crippen LogP) is 4.04. The van der Waals surface area contributed by atoms with Gasteiger partial charge in [-0.25, -0.2) is 4.98 Å². The van der Waals surface area contributed by atoms with Crippen LogP contribution in [0.4, 0.5) is 5.95 Å². The maximum atomic E-state index is 12.1. The number of imidazole rings is 1. The van der Waals surface area contributed by atoms with Gasteiger partial charge >= 0.3 is 0 Å². The minimum Gasteiger partial charge on any atom is -0.413 e. The number of H-pyrrole nitrogens is 1. The molecule has 1 saturated carbocycles. The summed E-state index contributed by atoms with van der Waals surface area (Å²) in [5.74, 6) is 0.136. The van der Waals surface area contributed by atoms with Crippen LogP contribution in [0, 0.1) is 0 Å². The number of hydrogen-bond acceptors (Lipinski definition) is 6. The normalized spacial score (nSPS) is 28.6. The second-order valence-electron chi connectivity index (χ2n) is 9.71. The van der Waals surface area contributed by atoms with Gasteiger partial charge in [0.15, 0.2) is 19.5 Å². The van der Waals surface area contributed by atoms with E-state index in [2.05, 4.69) is 48.8 Å². The van der Waals surface area contributed by atoms with Crippen molar-refractivity contribution in [1.29, 1.82) is 0 Å². The summed E-state index contributed by atoms with van der Waals surface area (Å²) < 4.78 is 9.08. The van der Waals surface area contributed by atoms with E-state index in [0.717, 1.165) is 19.3 Å². The van der Waals surface area contributed by atoms with Crippen LogP contribution < -0.4 is 11.3 Å². The number of nitrogens with two attached hydrogens (primary N) is 1. The highest BCUT2D eigenvalue weighted by Crippen LogP contribution is 2.59. The van der Waals surface area contributed by atoms with Crippen LogP contribution in [0.3, 0.4) is 0 Å². The van der Waals surface area contributed by atoms with Crippen LogP contribution in [0.25, 0.3) is 11.2 Å². The Morgan fingerprint density at radius 3 is 2.82 bits per heavy atom. The molecule has 0 amide bonds. The van der Waals surface area contributed by atoms with Crippen LogP contribution in [0.2, 0.25) is 18.1 Å². The Morgan fingerprint density at radius 2 is 2.11 bits per heavy atom. The number of aromatic amines is 1. The third kappa shape index (κ3) is 3.21. The molecule has 3 atom stereocenters. The molecule has 1 aliphatic carbocycles. The largest absolute Gasteiger partial charge is 0.413 e. The second kappa shape index (κ2) is 6.60. The van der Waals surface area contributed by atoms with E-state index in [-0.39, 0.29) is 26.7 Å². The van der Waals surface area contributed by atoms with Gasteiger partial charge in [-0.1, -0.05) is 20.8 Å². The summed E-state index contributed by atoms with van der Waals surface area (Å²) in [6.07, 6.45) is 7.75. The van der Waals surface area contributed by atoms with Crippen molar-refractivity contribution in [1.82, 2.24) is 19.5 Å². The highest BCUT2D eigenvalue weighted by atomic mass is 32.2. The van der Waals surface area contributed by atoms with E-state index in [1.165, 1.54) is 12.8 Å². The van der Waals surface area contributed by atoms with E-state index in [1.54, 1.807) is 6.33 Å². The number of nitrogens with one attached hydrogen (secondary N) is 1. The molecule has 3 N–H and O–H groups in total. The van der Waals surface area contributed by atoms with Gasteiger partial charge in [0.1, 0.15) is 0 Å². The first-order valence-electron chi connectivity index (χ1n) is 10.1. The lowest BCUT2D eigenvalue weighted by molar-refractivity contribution is 0.155. The van der Waals surface area contributed by atoms with Gasteiger partial charge in [0.2, 0.25) is 5.95 Å². The van der Waals surface area contributed by atoms with Gasteiger partial charge in [-0.3, -0.25) is 9.78 Å². The van der Waals surface area contributed by atoms with Crippen LogP contribution in [-0.4, -0.2) is 38.7 Å². The fourth-order valence-corrected chi connectivity index (χ4v) is 7.59. The van der Waals surface area contributed by atoms with Crippen molar-refractivity contribution >= 4 is 37.2 Å². The number of anilines is 1.